The van der Waals surface area contributed by atoms with Crippen molar-refractivity contribution in [1.82, 2.24) is 5.32 Å². The van der Waals surface area contributed by atoms with Crippen molar-refractivity contribution in [2.24, 2.45) is 16.8 Å². The van der Waals surface area contributed by atoms with Crippen LogP contribution >= 0.6 is 0 Å². The summed E-state index contributed by atoms with van der Waals surface area (Å²) in [7, 11) is 0. The quantitative estimate of drug-likeness (QED) is 0.327. The molecule has 0 aliphatic carbocycles. The molecule has 1 amide bonds. The molecule has 114 valence electrons. The molecule has 1 fully saturated rings. The first kappa shape index (κ1) is 15.3. The second-order valence-corrected chi connectivity index (χ2v) is 5.29. The Kier molecular flexibility index (Phi) is 5.16. The first-order chi connectivity index (χ1) is 10.1. The number of carbonyl (C=O) groups excluding carboxylic acids is 1. The summed E-state index contributed by atoms with van der Waals surface area (Å²) in [5.74, 6) is -0.872. The van der Waals surface area contributed by atoms with Crippen LogP contribution in [0.4, 0.5) is 0 Å². The molecule has 3 atom stereocenters. The van der Waals surface area contributed by atoms with Crippen LogP contribution in [0.2, 0.25) is 0 Å². The van der Waals surface area contributed by atoms with E-state index in [1.807, 2.05) is 25.1 Å². The zero-order valence-electron chi connectivity index (χ0n) is 12.0. The second kappa shape index (κ2) is 7.08. The molecule has 1 aliphatic heterocycles. The van der Waals surface area contributed by atoms with Gasteiger partial charge in [-0.25, -0.2) is 0 Å². The minimum Gasteiger partial charge on any atom is -0.409 e. The molecule has 0 radical (unpaired) electrons. The maximum absolute atomic E-state index is 12.5. The summed E-state index contributed by atoms with van der Waals surface area (Å²) in [5.41, 5.74) is 6.39. The summed E-state index contributed by atoms with van der Waals surface area (Å²) in [6, 6.07) is 9.03. The van der Waals surface area contributed by atoms with E-state index in [0.29, 0.717) is 18.1 Å². The molecule has 1 aliphatic rings. The molecule has 4 N–H and O–H groups in total. The third-order valence-corrected chi connectivity index (χ3v) is 3.85. The number of nitrogens with zero attached hydrogens (tertiary/aromatic N) is 1. The molecule has 0 aromatic heterocycles. The van der Waals surface area contributed by atoms with Crippen molar-refractivity contribution in [2.45, 2.75) is 25.3 Å². The van der Waals surface area contributed by atoms with E-state index in [-0.39, 0.29) is 17.8 Å². The zero-order chi connectivity index (χ0) is 15.2. The van der Waals surface area contributed by atoms with Crippen LogP contribution in [0.15, 0.2) is 35.5 Å². The molecule has 21 heavy (non-hydrogen) atoms. The number of hydrogen-bond acceptors (Lipinski definition) is 4. The van der Waals surface area contributed by atoms with Gasteiger partial charge in [0.1, 0.15) is 5.92 Å². The highest BCUT2D eigenvalue weighted by atomic mass is 16.5. The maximum atomic E-state index is 12.5. The number of nitrogens with two attached hydrogens (primary N) is 1. The Balaban J connectivity index is 2.11. The maximum Gasteiger partial charge on any atom is 0.235 e. The van der Waals surface area contributed by atoms with Gasteiger partial charge in [0.15, 0.2) is 5.84 Å². The van der Waals surface area contributed by atoms with Crippen LogP contribution in [0.25, 0.3) is 0 Å². The van der Waals surface area contributed by atoms with Gasteiger partial charge < -0.3 is 21.0 Å². The first-order valence-corrected chi connectivity index (χ1v) is 7.04. The van der Waals surface area contributed by atoms with Crippen molar-refractivity contribution < 1.29 is 14.7 Å². The average molecular weight is 291 g/mol. The van der Waals surface area contributed by atoms with E-state index < -0.39 is 5.92 Å². The van der Waals surface area contributed by atoms with Gasteiger partial charge in [-0.1, -0.05) is 35.5 Å². The molecule has 1 aromatic carbocycles. The Morgan fingerprint density at radius 3 is 2.76 bits per heavy atom. The van der Waals surface area contributed by atoms with Crippen molar-refractivity contribution in [2.75, 3.05) is 13.2 Å². The summed E-state index contributed by atoms with van der Waals surface area (Å²) < 4.78 is 5.33. The monoisotopic (exact) mass is 291 g/mol. The molecule has 1 heterocycles. The summed E-state index contributed by atoms with van der Waals surface area (Å²) in [6.07, 6.45) is 0.932. The van der Waals surface area contributed by atoms with Crippen LogP contribution in [-0.4, -0.2) is 36.2 Å². The Bertz CT molecular complexity index is 498. The molecule has 3 unspecified atom stereocenters. The minimum atomic E-state index is -0.791. The normalized spacial score (nSPS) is 21.8. The lowest BCUT2D eigenvalue weighted by molar-refractivity contribution is -0.122. The molecule has 6 heteroatoms. The number of oxime groups is 1. The number of amides is 1. The number of rotatable bonds is 5. The third kappa shape index (κ3) is 3.72. The number of carbonyl (C=O) groups is 1. The van der Waals surface area contributed by atoms with E-state index in [1.165, 1.54) is 0 Å². The van der Waals surface area contributed by atoms with Gasteiger partial charge >= 0.3 is 0 Å². The van der Waals surface area contributed by atoms with E-state index in [1.54, 1.807) is 12.1 Å². The second-order valence-electron chi connectivity index (χ2n) is 5.29. The van der Waals surface area contributed by atoms with Gasteiger partial charge in [-0.15, -0.1) is 0 Å². The summed E-state index contributed by atoms with van der Waals surface area (Å²) >= 11 is 0. The minimum absolute atomic E-state index is 0.0160. The van der Waals surface area contributed by atoms with Gasteiger partial charge in [0, 0.05) is 18.6 Å². The number of ether oxygens (including phenoxy) is 1. The fourth-order valence-electron chi connectivity index (χ4n) is 2.53. The fourth-order valence-corrected chi connectivity index (χ4v) is 2.53. The average Bonchev–Trinajstić information content (AvgIpc) is 3.02. The van der Waals surface area contributed by atoms with E-state index >= 15 is 0 Å². The number of hydrogen-bond donors (Lipinski definition) is 3. The topological polar surface area (TPSA) is 96.9 Å². The van der Waals surface area contributed by atoms with Crippen molar-refractivity contribution in [1.29, 1.82) is 0 Å². The van der Waals surface area contributed by atoms with Crippen LogP contribution in [-0.2, 0) is 9.53 Å². The van der Waals surface area contributed by atoms with Crippen LogP contribution in [0, 0.1) is 5.92 Å². The molecular formula is C15H21N3O3. The summed E-state index contributed by atoms with van der Waals surface area (Å²) in [5, 5.41) is 14.9. The summed E-state index contributed by atoms with van der Waals surface area (Å²) in [4.78, 5) is 12.5. The summed E-state index contributed by atoms with van der Waals surface area (Å²) in [6.45, 7) is 3.33. The standard InChI is InChI=1S/C15H21N3O3/c1-10(12-7-8-21-9-12)17-15(19)13(14(16)18-20)11-5-3-2-4-6-11/h2-6,10,12-13,20H,7-9H2,1H3,(H2,16,18)(H,17,19). The zero-order valence-corrected chi connectivity index (χ0v) is 12.0. The lowest BCUT2D eigenvalue weighted by atomic mass is 9.95. The van der Waals surface area contributed by atoms with Gasteiger partial charge in [-0.05, 0) is 18.9 Å². The van der Waals surface area contributed by atoms with Crippen molar-refractivity contribution in [3.05, 3.63) is 35.9 Å². The highest BCUT2D eigenvalue weighted by Gasteiger charge is 2.29. The van der Waals surface area contributed by atoms with Crippen LogP contribution in [0.1, 0.15) is 24.8 Å². The molecule has 0 spiro atoms. The van der Waals surface area contributed by atoms with E-state index in [0.717, 1.165) is 13.0 Å². The smallest absolute Gasteiger partial charge is 0.235 e. The first-order valence-electron chi connectivity index (χ1n) is 7.04. The van der Waals surface area contributed by atoms with Crippen LogP contribution in [0.3, 0.4) is 0 Å². The number of amidine groups is 1. The predicted molar refractivity (Wildman–Crippen MR) is 79.1 cm³/mol. The largest absolute Gasteiger partial charge is 0.409 e. The van der Waals surface area contributed by atoms with Gasteiger partial charge in [-0.2, -0.15) is 0 Å². The third-order valence-electron chi connectivity index (χ3n) is 3.85. The molecule has 1 aromatic rings. The highest BCUT2D eigenvalue weighted by Crippen LogP contribution is 2.20. The van der Waals surface area contributed by atoms with Crippen molar-refractivity contribution >= 4 is 11.7 Å². The molecule has 1 saturated heterocycles. The van der Waals surface area contributed by atoms with Gasteiger partial charge in [0.25, 0.3) is 0 Å². The van der Waals surface area contributed by atoms with Crippen molar-refractivity contribution in [3.63, 3.8) is 0 Å². The highest BCUT2D eigenvalue weighted by molar-refractivity contribution is 6.07. The fraction of sp³-hybridized carbons (Fsp3) is 0.467. The van der Waals surface area contributed by atoms with Gasteiger partial charge in [0.05, 0.1) is 6.61 Å². The number of nitrogens with one attached hydrogen (secondary N) is 1. The number of benzene rings is 1. The van der Waals surface area contributed by atoms with E-state index in [2.05, 4.69) is 10.5 Å². The predicted octanol–water partition coefficient (Wildman–Crippen LogP) is 1.06. The Labute approximate surface area is 124 Å². The van der Waals surface area contributed by atoms with Crippen LogP contribution in [0.5, 0.6) is 0 Å². The van der Waals surface area contributed by atoms with E-state index in [9.17, 15) is 4.79 Å². The molecule has 0 saturated carbocycles. The lowest BCUT2D eigenvalue weighted by Gasteiger charge is -2.23. The lowest BCUT2D eigenvalue weighted by Crippen LogP contribution is -2.44. The molecule has 2 rings (SSSR count). The van der Waals surface area contributed by atoms with Crippen LogP contribution < -0.4 is 11.1 Å². The van der Waals surface area contributed by atoms with Gasteiger partial charge in [-0.3, -0.25) is 4.79 Å². The Morgan fingerprint density at radius 1 is 1.48 bits per heavy atom. The van der Waals surface area contributed by atoms with Gasteiger partial charge in [0.2, 0.25) is 5.91 Å². The Morgan fingerprint density at radius 2 is 2.19 bits per heavy atom. The molecule has 0 bridgehead atoms. The Hall–Kier alpha value is -2.08. The SMILES string of the molecule is CC(NC(=O)C(/C(N)=N/O)c1ccccc1)C1CCOC1. The van der Waals surface area contributed by atoms with Crippen molar-refractivity contribution in [3.8, 4) is 0 Å². The van der Waals surface area contributed by atoms with E-state index in [4.69, 9.17) is 15.7 Å². The molecule has 6 nitrogen and oxygen atoms in total. The molecular weight excluding hydrogens is 270 g/mol.